The van der Waals surface area contributed by atoms with Gasteiger partial charge in [-0.3, -0.25) is 0 Å². The molecule has 2 nitrogen and oxygen atoms in total. The van der Waals surface area contributed by atoms with Gasteiger partial charge in [-0.05, 0) is 49.7 Å². The van der Waals surface area contributed by atoms with Crippen molar-refractivity contribution in [3.05, 3.63) is 59.4 Å². The normalized spacial score (nSPS) is 12.2. The van der Waals surface area contributed by atoms with Gasteiger partial charge in [0.1, 0.15) is 5.75 Å². The number of ether oxygens (including phenoxy) is 1. The first-order valence-corrected chi connectivity index (χ1v) is 6.88. The van der Waals surface area contributed by atoms with Crippen molar-refractivity contribution in [1.82, 2.24) is 5.32 Å². The van der Waals surface area contributed by atoms with Gasteiger partial charge in [-0.25, -0.2) is 4.39 Å². The summed E-state index contributed by atoms with van der Waals surface area (Å²) in [5.74, 6) is 0.598. The molecule has 1 N–H and O–H groups in total. The first-order valence-electron chi connectivity index (χ1n) is 6.88. The molecule has 0 saturated heterocycles. The van der Waals surface area contributed by atoms with Crippen LogP contribution in [-0.4, -0.2) is 6.54 Å². The molecule has 0 spiro atoms. The third-order valence-corrected chi connectivity index (χ3v) is 3.28. The van der Waals surface area contributed by atoms with Crippen molar-refractivity contribution in [2.45, 2.75) is 26.8 Å². The topological polar surface area (TPSA) is 21.3 Å². The van der Waals surface area contributed by atoms with E-state index < -0.39 is 0 Å². The highest BCUT2D eigenvalue weighted by molar-refractivity contribution is 5.38. The van der Waals surface area contributed by atoms with E-state index in [1.807, 2.05) is 51.1 Å². The van der Waals surface area contributed by atoms with Crippen LogP contribution in [0.25, 0.3) is 0 Å². The van der Waals surface area contributed by atoms with Crippen molar-refractivity contribution in [2.75, 3.05) is 6.54 Å². The fourth-order valence-corrected chi connectivity index (χ4v) is 2.08. The van der Waals surface area contributed by atoms with Gasteiger partial charge in [0, 0.05) is 6.04 Å². The fourth-order valence-electron chi connectivity index (χ4n) is 2.08. The molecule has 0 aliphatic heterocycles. The molecular formula is C17H20FNO. The SMILES string of the molecule is CCNC(C)c1ccc(Oc2ccccc2C)c(F)c1. The maximum absolute atomic E-state index is 14.1. The van der Waals surface area contributed by atoms with Gasteiger partial charge in [0.25, 0.3) is 0 Å². The molecule has 0 heterocycles. The summed E-state index contributed by atoms with van der Waals surface area (Å²) in [6, 6.07) is 12.8. The number of aryl methyl sites for hydroxylation is 1. The van der Waals surface area contributed by atoms with Crippen LogP contribution in [0.2, 0.25) is 0 Å². The lowest BCUT2D eigenvalue weighted by molar-refractivity contribution is 0.438. The van der Waals surface area contributed by atoms with Crippen LogP contribution < -0.4 is 10.1 Å². The average Bonchev–Trinajstić information content (AvgIpc) is 2.43. The molecule has 0 aromatic heterocycles. The van der Waals surface area contributed by atoms with Crippen LogP contribution in [0.15, 0.2) is 42.5 Å². The molecule has 0 aliphatic rings. The molecule has 0 bridgehead atoms. The minimum atomic E-state index is -0.337. The molecule has 0 radical (unpaired) electrons. The van der Waals surface area contributed by atoms with Crippen molar-refractivity contribution in [1.29, 1.82) is 0 Å². The third kappa shape index (κ3) is 3.36. The smallest absolute Gasteiger partial charge is 0.166 e. The van der Waals surface area contributed by atoms with Crippen LogP contribution in [0.5, 0.6) is 11.5 Å². The fraction of sp³-hybridized carbons (Fsp3) is 0.294. The third-order valence-electron chi connectivity index (χ3n) is 3.28. The molecule has 3 heteroatoms. The maximum Gasteiger partial charge on any atom is 0.166 e. The summed E-state index contributed by atoms with van der Waals surface area (Å²) in [5, 5.41) is 3.26. The van der Waals surface area contributed by atoms with E-state index in [0.717, 1.165) is 17.7 Å². The Morgan fingerprint density at radius 1 is 1.15 bits per heavy atom. The first kappa shape index (κ1) is 14.5. The minimum Gasteiger partial charge on any atom is -0.454 e. The van der Waals surface area contributed by atoms with Crippen LogP contribution in [-0.2, 0) is 0 Å². The van der Waals surface area contributed by atoms with E-state index in [0.29, 0.717) is 5.75 Å². The van der Waals surface area contributed by atoms with Gasteiger partial charge in [-0.1, -0.05) is 31.2 Å². The van der Waals surface area contributed by atoms with Crippen molar-refractivity contribution in [3.8, 4) is 11.5 Å². The molecule has 106 valence electrons. The molecule has 0 amide bonds. The number of halogens is 1. The molecule has 2 aromatic rings. The number of nitrogens with one attached hydrogen (secondary N) is 1. The zero-order valence-corrected chi connectivity index (χ0v) is 12.1. The largest absolute Gasteiger partial charge is 0.454 e. The molecule has 1 unspecified atom stereocenters. The van der Waals surface area contributed by atoms with E-state index in [1.54, 1.807) is 6.07 Å². The van der Waals surface area contributed by atoms with Gasteiger partial charge in [0.05, 0.1) is 0 Å². The Balaban J connectivity index is 2.20. The zero-order chi connectivity index (χ0) is 14.5. The van der Waals surface area contributed by atoms with Crippen molar-refractivity contribution in [2.24, 2.45) is 0 Å². The highest BCUT2D eigenvalue weighted by Crippen LogP contribution is 2.28. The van der Waals surface area contributed by atoms with Crippen LogP contribution in [0.4, 0.5) is 4.39 Å². The lowest BCUT2D eigenvalue weighted by Gasteiger charge is -2.14. The molecule has 20 heavy (non-hydrogen) atoms. The summed E-state index contributed by atoms with van der Waals surface area (Å²) in [4.78, 5) is 0. The molecule has 1 atom stereocenters. The van der Waals surface area contributed by atoms with Gasteiger partial charge < -0.3 is 10.1 Å². The lowest BCUT2D eigenvalue weighted by atomic mass is 10.1. The van der Waals surface area contributed by atoms with E-state index in [1.165, 1.54) is 6.07 Å². The Morgan fingerprint density at radius 2 is 1.90 bits per heavy atom. The van der Waals surface area contributed by atoms with Crippen LogP contribution in [0.3, 0.4) is 0 Å². The van der Waals surface area contributed by atoms with Gasteiger partial charge in [-0.2, -0.15) is 0 Å². The summed E-state index contributed by atoms with van der Waals surface area (Å²) in [6.07, 6.45) is 0. The Kier molecular flexibility index (Phi) is 4.74. The molecule has 2 aromatic carbocycles. The number of rotatable bonds is 5. The first-order chi connectivity index (χ1) is 9.61. The second-order valence-electron chi connectivity index (χ2n) is 4.84. The second-order valence-corrected chi connectivity index (χ2v) is 4.84. The quantitative estimate of drug-likeness (QED) is 0.859. The highest BCUT2D eigenvalue weighted by Gasteiger charge is 2.10. The monoisotopic (exact) mass is 273 g/mol. The summed E-state index contributed by atoms with van der Waals surface area (Å²) in [6.45, 7) is 6.84. The van der Waals surface area contributed by atoms with Gasteiger partial charge in [0.15, 0.2) is 11.6 Å². The van der Waals surface area contributed by atoms with Crippen LogP contribution in [0, 0.1) is 12.7 Å². The molecule has 2 rings (SSSR count). The Labute approximate surface area is 119 Å². The van der Waals surface area contributed by atoms with E-state index in [9.17, 15) is 4.39 Å². The second kappa shape index (κ2) is 6.53. The Bertz CT molecular complexity index is 583. The predicted octanol–water partition coefficient (Wildman–Crippen LogP) is 4.60. The molecule has 0 fully saturated rings. The number of para-hydroxylation sites is 1. The molecular weight excluding hydrogens is 253 g/mol. The zero-order valence-electron chi connectivity index (χ0n) is 12.1. The van der Waals surface area contributed by atoms with E-state index in [2.05, 4.69) is 5.32 Å². The average molecular weight is 273 g/mol. The van der Waals surface area contributed by atoms with E-state index >= 15 is 0 Å². The summed E-state index contributed by atoms with van der Waals surface area (Å²) in [5.41, 5.74) is 1.90. The number of hydrogen-bond acceptors (Lipinski definition) is 2. The molecule has 0 saturated carbocycles. The predicted molar refractivity (Wildman–Crippen MR) is 79.7 cm³/mol. The Hall–Kier alpha value is -1.87. The van der Waals surface area contributed by atoms with Crippen LogP contribution >= 0.6 is 0 Å². The van der Waals surface area contributed by atoms with Crippen molar-refractivity contribution < 1.29 is 9.13 Å². The van der Waals surface area contributed by atoms with Gasteiger partial charge in [0.2, 0.25) is 0 Å². The van der Waals surface area contributed by atoms with Crippen molar-refractivity contribution in [3.63, 3.8) is 0 Å². The number of benzene rings is 2. The number of hydrogen-bond donors (Lipinski definition) is 1. The van der Waals surface area contributed by atoms with Crippen LogP contribution in [0.1, 0.15) is 31.0 Å². The van der Waals surface area contributed by atoms with Gasteiger partial charge >= 0.3 is 0 Å². The maximum atomic E-state index is 14.1. The van der Waals surface area contributed by atoms with Gasteiger partial charge in [-0.15, -0.1) is 0 Å². The highest BCUT2D eigenvalue weighted by atomic mass is 19.1. The molecule has 0 aliphatic carbocycles. The minimum absolute atomic E-state index is 0.127. The standard InChI is InChI=1S/C17H20FNO/c1-4-19-13(3)14-9-10-17(15(18)11-14)20-16-8-6-5-7-12(16)2/h5-11,13,19H,4H2,1-3H3. The summed E-state index contributed by atoms with van der Waals surface area (Å²) in [7, 11) is 0. The Morgan fingerprint density at radius 3 is 2.55 bits per heavy atom. The van der Waals surface area contributed by atoms with Crippen molar-refractivity contribution >= 4 is 0 Å². The van der Waals surface area contributed by atoms with E-state index in [-0.39, 0.29) is 17.6 Å². The summed E-state index contributed by atoms with van der Waals surface area (Å²) >= 11 is 0. The summed E-state index contributed by atoms with van der Waals surface area (Å²) < 4.78 is 19.8. The van der Waals surface area contributed by atoms with E-state index in [4.69, 9.17) is 4.74 Å². The lowest BCUT2D eigenvalue weighted by Crippen LogP contribution is -2.17.